The highest BCUT2D eigenvalue weighted by Gasteiger charge is 2.22. The highest BCUT2D eigenvalue weighted by molar-refractivity contribution is 5.67. The number of rotatable bonds is 3. The van der Waals surface area contributed by atoms with E-state index in [4.69, 9.17) is 9.47 Å². The van der Waals surface area contributed by atoms with Gasteiger partial charge in [-0.05, 0) is 20.8 Å². The van der Waals surface area contributed by atoms with Crippen LogP contribution in [0.3, 0.4) is 0 Å². The van der Waals surface area contributed by atoms with Crippen LogP contribution >= 0.6 is 0 Å². The molecule has 0 radical (unpaired) electrons. The van der Waals surface area contributed by atoms with Gasteiger partial charge in [-0.3, -0.25) is 0 Å². The first kappa shape index (κ1) is 13.0. The number of alkyl carbamates (subject to hydrolysis) is 1. The average Bonchev–Trinajstić information content (AvgIpc) is 2.64. The van der Waals surface area contributed by atoms with Crippen molar-refractivity contribution >= 4 is 6.09 Å². The standard InChI is InChI=1S/C11H19NO4/c1-11(2,3)16-10(14)12-7-8(13)9-5-4-6-15-9/h4-5,8-9,13H,6-7H2,1-3H3,(H,12,14)/t8-,9-/m0/s1. The van der Waals surface area contributed by atoms with Gasteiger partial charge in [0.15, 0.2) is 0 Å². The maximum atomic E-state index is 11.3. The number of aliphatic hydroxyl groups is 1. The highest BCUT2D eigenvalue weighted by Crippen LogP contribution is 2.09. The number of hydrogen-bond acceptors (Lipinski definition) is 4. The monoisotopic (exact) mass is 229 g/mol. The second-order valence-electron chi connectivity index (χ2n) is 4.68. The largest absolute Gasteiger partial charge is 0.444 e. The molecule has 0 saturated carbocycles. The van der Waals surface area contributed by atoms with Crippen molar-refractivity contribution in [3.8, 4) is 0 Å². The zero-order valence-electron chi connectivity index (χ0n) is 9.90. The van der Waals surface area contributed by atoms with Crippen LogP contribution in [-0.4, -0.2) is 42.2 Å². The van der Waals surface area contributed by atoms with E-state index in [9.17, 15) is 9.90 Å². The molecule has 1 rings (SSSR count). The molecule has 0 unspecified atom stereocenters. The van der Waals surface area contributed by atoms with Crippen LogP contribution in [0.15, 0.2) is 12.2 Å². The Morgan fingerprint density at radius 2 is 2.38 bits per heavy atom. The van der Waals surface area contributed by atoms with Gasteiger partial charge in [0.1, 0.15) is 17.8 Å². The van der Waals surface area contributed by atoms with E-state index in [1.807, 2.05) is 6.08 Å². The lowest BCUT2D eigenvalue weighted by atomic mass is 10.2. The normalized spacial score (nSPS) is 21.9. The fourth-order valence-electron chi connectivity index (χ4n) is 1.27. The molecule has 1 heterocycles. The zero-order chi connectivity index (χ0) is 12.2. The lowest BCUT2D eigenvalue weighted by Gasteiger charge is -2.21. The van der Waals surface area contributed by atoms with Crippen LogP contribution in [0.1, 0.15) is 20.8 Å². The van der Waals surface area contributed by atoms with E-state index in [1.165, 1.54) is 0 Å². The minimum atomic E-state index is -0.744. The van der Waals surface area contributed by atoms with Crippen molar-refractivity contribution in [2.24, 2.45) is 0 Å². The van der Waals surface area contributed by atoms with Crippen molar-refractivity contribution in [2.75, 3.05) is 13.2 Å². The number of ether oxygens (including phenoxy) is 2. The van der Waals surface area contributed by atoms with Gasteiger partial charge >= 0.3 is 6.09 Å². The smallest absolute Gasteiger partial charge is 0.407 e. The number of aliphatic hydroxyl groups excluding tert-OH is 1. The van der Waals surface area contributed by atoms with Crippen LogP contribution in [0.2, 0.25) is 0 Å². The molecule has 5 heteroatoms. The molecule has 1 aliphatic rings. The molecule has 0 aliphatic carbocycles. The Bertz CT molecular complexity index is 270. The Kier molecular flexibility index (Phi) is 4.32. The van der Waals surface area contributed by atoms with Crippen LogP contribution in [-0.2, 0) is 9.47 Å². The first-order valence-electron chi connectivity index (χ1n) is 5.31. The second kappa shape index (κ2) is 5.32. The molecule has 5 nitrogen and oxygen atoms in total. The van der Waals surface area contributed by atoms with E-state index in [1.54, 1.807) is 26.8 Å². The van der Waals surface area contributed by atoms with E-state index in [2.05, 4.69) is 5.32 Å². The van der Waals surface area contributed by atoms with Crippen LogP contribution in [0, 0.1) is 0 Å². The summed E-state index contributed by atoms with van der Waals surface area (Å²) in [6.07, 6.45) is 2.00. The second-order valence-corrected chi connectivity index (χ2v) is 4.68. The van der Waals surface area contributed by atoms with Crippen LogP contribution < -0.4 is 5.32 Å². The van der Waals surface area contributed by atoms with Crippen molar-refractivity contribution in [1.82, 2.24) is 5.32 Å². The number of carbonyl (C=O) groups excluding carboxylic acids is 1. The zero-order valence-corrected chi connectivity index (χ0v) is 9.90. The average molecular weight is 229 g/mol. The molecule has 2 N–H and O–H groups in total. The third-order valence-electron chi connectivity index (χ3n) is 1.94. The summed E-state index contributed by atoms with van der Waals surface area (Å²) in [6, 6.07) is 0. The van der Waals surface area contributed by atoms with Crippen LogP contribution in [0.5, 0.6) is 0 Å². The molecule has 0 aromatic heterocycles. The number of carbonyl (C=O) groups is 1. The fraction of sp³-hybridized carbons (Fsp3) is 0.727. The first-order chi connectivity index (χ1) is 7.38. The highest BCUT2D eigenvalue weighted by atomic mass is 16.6. The molecule has 92 valence electrons. The van der Waals surface area contributed by atoms with Gasteiger partial charge in [-0.25, -0.2) is 4.79 Å². The maximum Gasteiger partial charge on any atom is 0.407 e. The quantitative estimate of drug-likeness (QED) is 0.703. The number of nitrogens with one attached hydrogen (secondary N) is 1. The van der Waals surface area contributed by atoms with Gasteiger partial charge < -0.3 is 19.9 Å². The molecule has 0 bridgehead atoms. The van der Waals surface area contributed by atoms with Crippen LogP contribution in [0.4, 0.5) is 4.79 Å². The summed E-state index contributed by atoms with van der Waals surface area (Å²) in [5.41, 5.74) is -0.529. The fourth-order valence-corrected chi connectivity index (χ4v) is 1.27. The van der Waals surface area contributed by atoms with Crippen molar-refractivity contribution in [1.29, 1.82) is 0 Å². The van der Waals surface area contributed by atoms with Crippen molar-refractivity contribution in [2.45, 2.75) is 38.6 Å². The lowest BCUT2D eigenvalue weighted by molar-refractivity contribution is 0.00948. The first-order valence-corrected chi connectivity index (χ1v) is 5.31. The van der Waals surface area contributed by atoms with Crippen molar-refractivity contribution in [3.05, 3.63) is 12.2 Å². The summed E-state index contributed by atoms with van der Waals surface area (Å²) >= 11 is 0. The molecular weight excluding hydrogens is 210 g/mol. The summed E-state index contributed by atoms with van der Waals surface area (Å²) in [5, 5.41) is 12.1. The molecular formula is C11H19NO4. The summed E-state index contributed by atoms with van der Waals surface area (Å²) < 4.78 is 10.2. The van der Waals surface area contributed by atoms with Crippen molar-refractivity contribution in [3.63, 3.8) is 0 Å². The molecule has 0 fully saturated rings. The molecule has 0 aromatic rings. The summed E-state index contributed by atoms with van der Waals surface area (Å²) in [5.74, 6) is 0. The molecule has 16 heavy (non-hydrogen) atoms. The third kappa shape index (κ3) is 4.63. The van der Waals surface area contributed by atoms with E-state index in [0.717, 1.165) is 0 Å². The predicted octanol–water partition coefficient (Wildman–Crippen LogP) is 0.827. The molecule has 1 aliphatic heterocycles. The van der Waals surface area contributed by atoms with E-state index in [-0.39, 0.29) is 12.6 Å². The third-order valence-corrected chi connectivity index (χ3v) is 1.94. The Morgan fingerprint density at radius 1 is 1.69 bits per heavy atom. The summed E-state index contributed by atoms with van der Waals surface area (Å²) in [4.78, 5) is 11.3. The molecule has 0 saturated heterocycles. The lowest BCUT2D eigenvalue weighted by Crippen LogP contribution is -2.40. The molecule has 1 amide bonds. The number of hydrogen-bond donors (Lipinski definition) is 2. The van der Waals surface area contributed by atoms with Crippen LogP contribution in [0.25, 0.3) is 0 Å². The Morgan fingerprint density at radius 3 is 2.88 bits per heavy atom. The van der Waals surface area contributed by atoms with Gasteiger partial charge in [0.2, 0.25) is 0 Å². The van der Waals surface area contributed by atoms with E-state index in [0.29, 0.717) is 6.61 Å². The predicted molar refractivity (Wildman–Crippen MR) is 59.1 cm³/mol. The Hall–Kier alpha value is -1.07. The minimum Gasteiger partial charge on any atom is -0.444 e. The van der Waals surface area contributed by atoms with Gasteiger partial charge in [-0.2, -0.15) is 0 Å². The van der Waals surface area contributed by atoms with Gasteiger partial charge in [0, 0.05) is 6.54 Å². The Balaban J connectivity index is 2.23. The van der Waals surface area contributed by atoms with E-state index >= 15 is 0 Å². The molecule has 2 atom stereocenters. The maximum absolute atomic E-state index is 11.3. The van der Waals surface area contributed by atoms with Gasteiger partial charge in [-0.1, -0.05) is 12.2 Å². The number of amides is 1. The van der Waals surface area contributed by atoms with Gasteiger partial charge in [0.25, 0.3) is 0 Å². The van der Waals surface area contributed by atoms with Gasteiger partial charge in [0.05, 0.1) is 6.61 Å². The summed E-state index contributed by atoms with van der Waals surface area (Å²) in [7, 11) is 0. The molecule has 0 spiro atoms. The summed E-state index contributed by atoms with van der Waals surface area (Å²) in [6.45, 7) is 5.97. The SMILES string of the molecule is CC(C)(C)OC(=O)NC[C@H](O)[C@@H]1C=CCO1. The van der Waals surface area contributed by atoms with Gasteiger partial charge in [-0.15, -0.1) is 0 Å². The Labute approximate surface area is 95.4 Å². The minimum absolute atomic E-state index is 0.115. The topological polar surface area (TPSA) is 67.8 Å². The van der Waals surface area contributed by atoms with E-state index < -0.39 is 17.8 Å². The molecule has 0 aromatic carbocycles. The van der Waals surface area contributed by atoms with Crippen molar-refractivity contribution < 1.29 is 19.4 Å².